The Bertz CT molecular complexity index is 969. The van der Waals surface area contributed by atoms with Crippen LogP contribution in [0, 0.1) is 0 Å². The number of pyridine rings is 1. The molecule has 0 N–H and O–H groups in total. The molecule has 21 heavy (non-hydrogen) atoms. The maximum atomic E-state index is 6.10. The van der Waals surface area contributed by atoms with Crippen LogP contribution in [0.4, 0.5) is 0 Å². The van der Waals surface area contributed by atoms with Gasteiger partial charge in [0.2, 0.25) is 0 Å². The van der Waals surface area contributed by atoms with E-state index in [0.29, 0.717) is 0 Å². The second kappa shape index (κ2) is 4.15. The number of fused-ring (bicyclic) bond motifs is 4. The summed E-state index contributed by atoms with van der Waals surface area (Å²) < 4.78 is 11.7. The molecule has 0 saturated carbocycles. The highest BCUT2D eigenvalue weighted by Crippen LogP contribution is 2.45. The molecule has 4 heteroatoms. The van der Waals surface area contributed by atoms with Crippen molar-refractivity contribution in [1.29, 1.82) is 0 Å². The Labute approximate surface area is 125 Å². The zero-order valence-corrected chi connectivity index (χ0v) is 11.9. The van der Waals surface area contributed by atoms with E-state index in [-0.39, 0.29) is 0 Å². The first kappa shape index (κ1) is 11.5. The zero-order chi connectivity index (χ0) is 13.8. The number of aryl methyl sites for hydroxylation is 1. The van der Waals surface area contributed by atoms with Crippen molar-refractivity contribution < 1.29 is 8.83 Å². The molecule has 0 bridgehead atoms. The summed E-state index contributed by atoms with van der Waals surface area (Å²) in [5.41, 5.74) is 4.86. The van der Waals surface area contributed by atoms with Gasteiger partial charge in [0.05, 0.1) is 17.5 Å². The largest absolute Gasteiger partial charge is 0.464 e. The highest BCUT2D eigenvalue weighted by atomic mass is 32.2. The zero-order valence-electron chi connectivity index (χ0n) is 11.1. The van der Waals surface area contributed by atoms with Gasteiger partial charge in [0.1, 0.15) is 16.9 Å². The molecular formula is C17H11NO2S. The highest BCUT2D eigenvalue weighted by molar-refractivity contribution is 7.99. The molecule has 0 aliphatic carbocycles. The summed E-state index contributed by atoms with van der Waals surface area (Å²) in [4.78, 5) is 6.06. The number of furan rings is 2. The number of thioether (sulfide) groups is 1. The van der Waals surface area contributed by atoms with Gasteiger partial charge in [0.15, 0.2) is 5.58 Å². The first-order valence-corrected chi connectivity index (χ1v) is 7.91. The van der Waals surface area contributed by atoms with Crippen molar-refractivity contribution in [3.63, 3.8) is 0 Å². The van der Waals surface area contributed by atoms with Crippen LogP contribution in [0.2, 0.25) is 0 Å². The second-order valence-electron chi connectivity index (χ2n) is 5.11. The van der Waals surface area contributed by atoms with Crippen LogP contribution in [0.5, 0.6) is 0 Å². The predicted molar refractivity (Wildman–Crippen MR) is 83.6 cm³/mol. The third kappa shape index (κ3) is 1.54. The van der Waals surface area contributed by atoms with Crippen molar-refractivity contribution in [3.05, 3.63) is 48.4 Å². The van der Waals surface area contributed by atoms with E-state index in [1.807, 2.05) is 42.1 Å². The van der Waals surface area contributed by atoms with Crippen LogP contribution >= 0.6 is 11.8 Å². The molecule has 0 spiro atoms. The molecule has 5 rings (SSSR count). The van der Waals surface area contributed by atoms with Crippen molar-refractivity contribution in [2.75, 3.05) is 5.75 Å². The van der Waals surface area contributed by atoms with E-state index in [9.17, 15) is 0 Å². The van der Waals surface area contributed by atoms with Gasteiger partial charge in [-0.05, 0) is 24.3 Å². The van der Waals surface area contributed by atoms with Gasteiger partial charge >= 0.3 is 0 Å². The van der Waals surface area contributed by atoms with E-state index in [1.54, 1.807) is 6.26 Å². The Hall–Kier alpha value is -2.20. The molecular weight excluding hydrogens is 282 g/mol. The van der Waals surface area contributed by atoms with Crippen molar-refractivity contribution in [3.8, 4) is 11.3 Å². The fourth-order valence-corrected chi connectivity index (χ4v) is 4.12. The van der Waals surface area contributed by atoms with Crippen LogP contribution in [-0.4, -0.2) is 10.7 Å². The van der Waals surface area contributed by atoms with Gasteiger partial charge in [-0.1, -0.05) is 12.1 Å². The molecule has 1 aliphatic heterocycles. The minimum Gasteiger partial charge on any atom is -0.464 e. The molecule has 0 fully saturated rings. The third-order valence-corrected chi connectivity index (χ3v) is 5.02. The van der Waals surface area contributed by atoms with Crippen molar-refractivity contribution in [2.24, 2.45) is 0 Å². The van der Waals surface area contributed by atoms with Crippen LogP contribution in [-0.2, 0) is 6.42 Å². The van der Waals surface area contributed by atoms with Gasteiger partial charge in [-0.3, -0.25) is 0 Å². The Morgan fingerprint density at radius 2 is 2.05 bits per heavy atom. The summed E-state index contributed by atoms with van der Waals surface area (Å²) in [5.74, 6) is 1.92. The maximum Gasteiger partial charge on any atom is 0.165 e. The average molecular weight is 293 g/mol. The van der Waals surface area contributed by atoms with Gasteiger partial charge in [0.25, 0.3) is 0 Å². The molecule has 4 heterocycles. The Balaban J connectivity index is 2.00. The summed E-state index contributed by atoms with van der Waals surface area (Å²) in [6, 6.07) is 12.0. The fourth-order valence-electron chi connectivity index (χ4n) is 2.96. The van der Waals surface area contributed by atoms with Crippen LogP contribution in [0.25, 0.3) is 33.4 Å². The standard InChI is InChI=1S/C17H11NO2S/c1-2-5-12-10(4-1)15-16(20-12)14(13-6-3-8-19-13)17-11(18-15)7-9-21-17/h1-6,8H,7,9H2. The van der Waals surface area contributed by atoms with E-state index in [4.69, 9.17) is 13.8 Å². The van der Waals surface area contributed by atoms with Crippen molar-refractivity contribution >= 4 is 33.8 Å². The number of para-hydroxylation sites is 1. The molecule has 3 nitrogen and oxygen atoms in total. The number of hydrogen-bond acceptors (Lipinski definition) is 4. The molecule has 1 aliphatic rings. The first-order valence-electron chi connectivity index (χ1n) is 6.92. The third-order valence-electron chi connectivity index (χ3n) is 3.89. The summed E-state index contributed by atoms with van der Waals surface area (Å²) in [6.07, 6.45) is 2.71. The van der Waals surface area contributed by atoms with E-state index in [0.717, 1.165) is 51.3 Å². The number of hydrogen-bond donors (Lipinski definition) is 0. The minimum absolute atomic E-state index is 0.833. The number of nitrogens with zero attached hydrogens (tertiary/aromatic N) is 1. The quantitative estimate of drug-likeness (QED) is 0.501. The lowest BCUT2D eigenvalue weighted by Crippen LogP contribution is -1.90. The van der Waals surface area contributed by atoms with Crippen molar-refractivity contribution in [2.45, 2.75) is 11.3 Å². The van der Waals surface area contributed by atoms with Crippen LogP contribution in [0.1, 0.15) is 5.69 Å². The monoisotopic (exact) mass is 293 g/mol. The lowest BCUT2D eigenvalue weighted by molar-refractivity contribution is 0.578. The molecule has 4 aromatic rings. The molecule has 3 aromatic heterocycles. The van der Waals surface area contributed by atoms with Crippen LogP contribution < -0.4 is 0 Å². The fraction of sp³-hybridized carbons (Fsp3) is 0.118. The highest BCUT2D eigenvalue weighted by Gasteiger charge is 2.26. The molecule has 0 atom stereocenters. The molecule has 1 aromatic carbocycles. The summed E-state index contributed by atoms with van der Waals surface area (Å²) in [7, 11) is 0. The van der Waals surface area contributed by atoms with E-state index < -0.39 is 0 Å². The molecule has 102 valence electrons. The van der Waals surface area contributed by atoms with Gasteiger partial charge in [0, 0.05) is 22.5 Å². The van der Waals surface area contributed by atoms with Gasteiger partial charge in [-0.25, -0.2) is 4.98 Å². The van der Waals surface area contributed by atoms with Crippen molar-refractivity contribution in [1.82, 2.24) is 4.98 Å². The predicted octanol–water partition coefficient (Wildman–Crippen LogP) is 4.89. The lowest BCUT2D eigenvalue weighted by atomic mass is 10.1. The summed E-state index contributed by atoms with van der Waals surface area (Å²) in [5, 5.41) is 1.07. The van der Waals surface area contributed by atoms with Gasteiger partial charge in [-0.15, -0.1) is 11.8 Å². The van der Waals surface area contributed by atoms with E-state index in [1.165, 1.54) is 4.90 Å². The lowest BCUT2D eigenvalue weighted by Gasteiger charge is -2.05. The van der Waals surface area contributed by atoms with E-state index >= 15 is 0 Å². The molecule has 0 unspecified atom stereocenters. The number of aromatic nitrogens is 1. The summed E-state index contributed by atoms with van der Waals surface area (Å²) in [6.45, 7) is 0. The Morgan fingerprint density at radius 1 is 1.10 bits per heavy atom. The van der Waals surface area contributed by atoms with Gasteiger partial charge in [-0.2, -0.15) is 0 Å². The summed E-state index contributed by atoms with van der Waals surface area (Å²) >= 11 is 1.83. The SMILES string of the molecule is c1coc(-c2c3c(nc4c2oc2ccccc24)CCS3)c1. The normalized spacial score (nSPS) is 14.1. The smallest absolute Gasteiger partial charge is 0.165 e. The van der Waals surface area contributed by atoms with E-state index in [2.05, 4.69) is 6.07 Å². The Kier molecular flexibility index (Phi) is 2.26. The average Bonchev–Trinajstić information content (AvgIpc) is 3.24. The first-order chi connectivity index (χ1) is 10.4. The molecule has 0 radical (unpaired) electrons. The van der Waals surface area contributed by atoms with Crippen LogP contribution in [0.15, 0.2) is 56.4 Å². The van der Waals surface area contributed by atoms with Gasteiger partial charge < -0.3 is 8.83 Å². The second-order valence-corrected chi connectivity index (χ2v) is 6.22. The minimum atomic E-state index is 0.833. The Morgan fingerprint density at radius 3 is 2.95 bits per heavy atom. The number of rotatable bonds is 1. The topological polar surface area (TPSA) is 39.2 Å². The molecule has 0 amide bonds. The molecule has 0 saturated heterocycles. The maximum absolute atomic E-state index is 6.10. The number of benzene rings is 1. The van der Waals surface area contributed by atoms with Crippen LogP contribution in [0.3, 0.4) is 0 Å².